The van der Waals surface area contributed by atoms with Crippen LogP contribution >= 0.6 is 0 Å². The molecule has 7 heteroatoms. The third kappa shape index (κ3) is 3.82. The lowest BCUT2D eigenvalue weighted by Crippen LogP contribution is -2.54. The molecular weight excluding hydrogens is 370 g/mol. The van der Waals surface area contributed by atoms with E-state index in [0.29, 0.717) is 31.8 Å². The van der Waals surface area contributed by atoms with Gasteiger partial charge in [-0.05, 0) is 43.5 Å². The van der Waals surface area contributed by atoms with Gasteiger partial charge in [-0.2, -0.15) is 0 Å². The van der Waals surface area contributed by atoms with E-state index in [0.717, 1.165) is 18.5 Å². The summed E-state index contributed by atoms with van der Waals surface area (Å²) in [7, 11) is 0. The smallest absolute Gasteiger partial charge is 0.257 e. The van der Waals surface area contributed by atoms with Crippen molar-refractivity contribution >= 4 is 11.8 Å². The van der Waals surface area contributed by atoms with Crippen LogP contribution in [0.2, 0.25) is 0 Å². The van der Waals surface area contributed by atoms with E-state index in [1.807, 2.05) is 18.2 Å². The zero-order chi connectivity index (χ0) is 20.4. The SMILES string of the molecule is Cc1cccc(C(=O)N2CCN(C(=O)[C@H]3CCCO3)C(c3ccccn3)C2)c1O. The van der Waals surface area contributed by atoms with Crippen LogP contribution in [0.1, 0.15) is 40.5 Å². The highest BCUT2D eigenvalue weighted by molar-refractivity contribution is 5.97. The first-order valence-electron chi connectivity index (χ1n) is 9.97. The Morgan fingerprint density at radius 1 is 1.17 bits per heavy atom. The van der Waals surface area contributed by atoms with Crippen LogP contribution in [-0.2, 0) is 9.53 Å². The van der Waals surface area contributed by atoms with E-state index in [9.17, 15) is 14.7 Å². The first-order valence-corrected chi connectivity index (χ1v) is 9.97. The van der Waals surface area contributed by atoms with Crippen molar-refractivity contribution in [2.45, 2.75) is 31.9 Å². The van der Waals surface area contributed by atoms with Crippen molar-refractivity contribution in [1.29, 1.82) is 0 Å². The van der Waals surface area contributed by atoms with Gasteiger partial charge in [0, 0.05) is 32.4 Å². The van der Waals surface area contributed by atoms with Crippen LogP contribution in [0, 0.1) is 6.92 Å². The lowest BCUT2D eigenvalue weighted by atomic mass is 10.0. The highest BCUT2D eigenvalue weighted by atomic mass is 16.5. The molecule has 0 radical (unpaired) electrons. The number of para-hydroxylation sites is 1. The van der Waals surface area contributed by atoms with Crippen molar-refractivity contribution in [2.24, 2.45) is 0 Å². The Morgan fingerprint density at radius 3 is 2.76 bits per heavy atom. The van der Waals surface area contributed by atoms with Crippen molar-refractivity contribution < 1.29 is 19.4 Å². The summed E-state index contributed by atoms with van der Waals surface area (Å²) in [4.78, 5) is 34.1. The quantitative estimate of drug-likeness (QED) is 0.862. The molecule has 1 aromatic carbocycles. The van der Waals surface area contributed by atoms with Gasteiger partial charge in [-0.3, -0.25) is 14.6 Å². The first kappa shape index (κ1) is 19.4. The van der Waals surface area contributed by atoms with Crippen molar-refractivity contribution in [3.8, 4) is 5.75 Å². The predicted molar refractivity (Wildman–Crippen MR) is 106 cm³/mol. The maximum Gasteiger partial charge on any atom is 0.257 e. The fourth-order valence-corrected chi connectivity index (χ4v) is 4.02. The van der Waals surface area contributed by atoms with Crippen LogP contribution in [0.15, 0.2) is 42.6 Å². The summed E-state index contributed by atoms with van der Waals surface area (Å²) in [5, 5.41) is 10.3. The average molecular weight is 395 g/mol. The van der Waals surface area contributed by atoms with E-state index in [1.165, 1.54) is 0 Å². The molecule has 2 aromatic rings. The average Bonchev–Trinajstić information content (AvgIpc) is 3.30. The summed E-state index contributed by atoms with van der Waals surface area (Å²) in [6.45, 7) is 3.49. The molecule has 0 aliphatic carbocycles. The van der Waals surface area contributed by atoms with Crippen LogP contribution in [0.3, 0.4) is 0 Å². The first-order chi connectivity index (χ1) is 14.1. The van der Waals surface area contributed by atoms with Gasteiger partial charge >= 0.3 is 0 Å². The number of amides is 2. The second-order valence-corrected chi connectivity index (χ2v) is 7.53. The fraction of sp³-hybridized carbons (Fsp3) is 0.409. The third-order valence-corrected chi connectivity index (χ3v) is 5.65. The molecule has 0 spiro atoms. The summed E-state index contributed by atoms with van der Waals surface area (Å²) in [5.41, 5.74) is 1.68. The number of aromatic nitrogens is 1. The molecule has 7 nitrogen and oxygen atoms in total. The van der Waals surface area contributed by atoms with E-state index >= 15 is 0 Å². The molecule has 2 fully saturated rings. The van der Waals surface area contributed by atoms with Gasteiger partial charge in [0.15, 0.2) is 0 Å². The number of nitrogens with zero attached hydrogens (tertiary/aromatic N) is 3. The van der Waals surface area contributed by atoms with Crippen LogP contribution in [0.25, 0.3) is 0 Å². The van der Waals surface area contributed by atoms with Crippen LogP contribution < -0.4 is 0 Å². The Hall–Kier alpha value is -2.93. The second kappa shape index (κ2) is 8.21. The molecule has 29 heavy (non-hydrogen) atoms. The lowest BCUT2D eigenvalue weighted by Gasteiger charge is -2.42. The number of pyridine rings is 1. The molecule has 2 atom stereocenters. The maximum absolute atomic E-state index is 13.1. The van der Waals surface area contributed by atoms with Crippen molar-refractivity contribution in [1.82, 2.24) is 14.8 Å². The molecule has 1 unspecified atom stereocenters. The molecule has 3 heterocycles. The molecular formula is C22H25N3O4. The van der Waals surface area contributed by atoms with Gasteiger partial charge in [0.25, 0.3) is 11.8 Å². The number of aryl methyl sites for hydroxylation is 1. The van der Waals surface area contributed by atoms with Gasteiger partial charge in [0.05, 0.1) is 17.3 Å². The molecule has 2 saturated heterocycles. The topological polar surface area (TPSA) is 83.0 Å². The molecule has 2 aliphatic rings. The van der Waals surface area contributed by atoms with Crippen LogP contribution in [0.5, 0.6) is 5.75 Å². The molecule has 2 aliphatic heterocycles. The van der Waals surface area contributed by atoms with Crippen molar-refractivity contribution in [3.05, 3.63) is 59.4 Å². The monoisotopic (exact) mass is 395 g/mol. The molecule has 4 rings (SSSR count). The molecule has 2 amide bonds. The summed E-state index contributed by atoms with van der Waals surface area (Å²) < 4.78 is 5.60. The highest BCUT2D eigenvalue weighted by Crippen LogP contribution is 2.30. The minimum atomic E-state index is -0.413. The van der Waals surface area contributed by atoms with Gasteiger partial charge < -0.3 is 19.6 Å². The van der Waals surface area contributed by atoms with E-state index in [-0.39, 0.29) is 29.2 Å². The van der Waals surface area contributed by atoms with Crippen LogP contribution in [0.4, 0.5) is 0 Å². The Bertz CT molecular complexity index is 896. The summed E-state index contributed by atoms with van der Waals surface area (Å²) >= 11 is 0. The van der Waals surface area contributed by atoms with Gasteiger partial charge in [-0.25, -0.2) is 0 Å². The number of hydrogen-bond donors (Lipinski definition) is 1. The number of phenols is 1. The van der Waals surface area contributed by atoms with Gasteiger partial charge in [-0.15, -0.1) is 0 Å². The van der Waals surface area contributed by atoms with Gasteiger partial charge in [-0.1, -0.05) is 18.2 Å². The molecule has 0 saturated carbocycles. The Morgan fingerprint density at radius 2 is 2.03 bits per heavy atom. The highest BCUT2D eigenvalue weighted by Gasteiger charge is 2.38. The number of piperazine rings is 1. The number of rotatable bonds is 3. The summed E-state index contributed by atoms with van der Waals surface area (Å²) in [6, 6.07) is 10.4. The van der Waals surface area contributed by atoms with Crippen molar-refractivity contribution in [3.63, 3.8) is 0 Å². The summed E-state index contributed by atoms with van der Waals surface area (Å²) in [5.74, 6) is -0.273. The fourth-order valence-electron chi connectivity index (χ4n) is 4.02. The zero-order valence-corrected chi connectivity index (χ0v) is 16.5. The van der Waals surface area contributed by atoms with E-state index in [1.54, 1.807) is 41.1 Å². The lowest BCUT2D eigenvalue weighted by molar-refractivity contribution is -0.146. The largest absolute Gasteiger partial charge is 0.507 e. The second-order valence-electron chi connectivity index (χ2n) is 7.53. The minimum Gasteiger partial charge on any atom is -0.507 e. The molecule has 0 bridgehead atoms. The number of benzene rings is 1. The Kier molecular flexibility index (Phi) is 5.49. The molecule has 152 valence electrons. The maximum atomic E-state index is 13.1. The molecule has 1 aromatic heterocycles. The predicted octanol–water partition coefficient (Wildman–Crippen LogP) is 2.30. The zero-order valence-electron chi connectivity index (χ0n) is 16.5. The number of carbonyl (C=O) groups is 2. The summed E-state index contributed by atoms with van der Waals surface area (Å²) in [6.07, 6.45) is 2.89. The van der Waals surface area contributed by atoms with Gasteiger partial charge in [0.2, 0.25) is 0 Å². The standard InChI is InChI=1S/C22H25N3O4/c1-15-6-4-7-16(20(15)26)21(27)24-11-12-25(22(28)19-9-5-13-29-19)18(14-24)17-8-2-3-10-23-17/h2-4,6-8,10,18-19,26H,5,9,11-14H2,1H3/t18?,19-/m1/s1. The van der Waals surface area contributed by atoms with E-state index in [2.05, 4.69) is 4.98 Å². The third-order valence-electron chi connectivity index (χ3n) is 5.65. The van der Waals surface area contributed by atoms with E-state index < -0.39 is 6.10 Å². The minimum absolute atomic E-state index is 0.00440. The number of aromatic hydroxyl groups is 1. The Balaban J connectivity index is 1.60. The number of hydrogen-bond acceptors (Lipinski definition) is 5. The number of ether oxygens (including phenoxy) is 1. The van der Waals surface area contributed by atoms with Crippen LogP contribution in [-0.4, -0.2) is 64.0 Å². The Labute approximate surface area is 169 Å². The molecule has 1 N–H and O–H groups in total. The number of phenolic OH excluding ortho intramolecular Hbond substituents is 1. The normalized spacial score (nSPS) is 22.0. The van der Waals surface area contributed by atoms with Crippen molar-refractivity contribution in [2.75, 3.05) is 26.2 Å². The van der Waals surface area contributed by atoms with E-state index in [4.69, 9.17) is 4.74 Å². The van der Waals surface area contributed by atoms with Gasteiger partial charge in [0.1, 0.15) is 11.9 Å². The number of carbonyl (C=O) groups excluding carboxylic acids is 2.